The molecule has 184 valence electrons. The number of rotatable bonds is 7. The minimum Gasteiger partial charge on any atom is -0.495 e. The third-order valence-corrected chi connectivity index (χ3v) is 6.93. The Labute approximate surface area is 210 Å². The summed E-state index contributed by atoms with van der Waals surface area (Å²) >= 11 is 0. The molecule has 0 atom stereocenters. The molecule has 1 aliphatic heterocycles. The van der Waals surface area contributed by atoms with Gasteiger partial charge in [-0.3, -0.25) is 14.5 Å². The molecule has 4 aromatic rings. The van der Waals surface area contributed by atoms with Crippen molar-refractivity contribution in [2.45, 2.75) is 13.3 Å². The standard InChI is InChI=1S/C30H30N2O4/c1-21-28(34)24-12-8-11-23(30(24)36-29(21)22-9-4-3-5-10-22)26(33)15-16-31-17-19-32(20-18-31)25-13-6-7-14-27(25)35-2/h3-14H,15-20H2,1-2H3. The number of methoxy groups -OCH3 is 1. The molecule has 3 aromatic carbocycles. The molecular weight excluding hydrogens is 452 g/mol. The van der Waals surface area contributed by atoms with Crippen molar-refractivity contribution in [3.8, 4) is 17.1 Å². The number of hydrogen-bond acceptors (Lipinski definition) is 6. The van der Waals surface area contributed by atoms with Crippen molar-refractivity contribution < 1.29 is 13.9 Å². The number of anilines is 1. The average Bonchev–Trinajstić information content (AvgIpc) is 2.94. The van der Waals surface area contributed by atoms with Gasteiger partial charge in [-0.1, -0.05) is 48.5 Å². The zero-order valence-corrected chi connectivity index (χ0v) is 20.7. The predicted octanol–water partition coefficient (Wildman–Crippen LogP) is 5.17. The predicted molar refractivity (Wildman–Crippen MR) is 143 cm³/mol. The molecule has 2 heterocycles. The molecule has 1 aromatic heterocycles. The summed E-state index contributed by atoms with van der Waals surface area (Å²) in [6, 6.07) is 22.9. The molecule has 6 heteroatoms. The van der Waals surface area contributed by atoms with E-state index in [1.54, 1.807) is 32.2 Å². The van der Waals surface area contributed by atoms with E-state index in [0.29, 0.717) is 40.8 Å². The van der Waals surface area contributed by atoms with Gasteiger partial charge in [0.2, 0.25) is 0 Å². The second-order valence-corrected chi connectivity index (χ2v) is 9.11. The van der Waals surface area contributed by atoms with Gasteiger partial charge in [0.25, 0.3) is 0 Å². The van der Waals surface area contributed by atoms with Crippen molar-refractivity contribution in [2.24, 2.45) is 0 Å². The van der Waals surface area contributed by atoms with Gasteiger partial charge in [-0.15, -0.1) is 0 Å². The van der Waals surface area contributed by atoms with Crippen LogP contribution in [-0.2, 0) is 0 Å². The summed E-state index contributed by atoms with van der Waals surface area (Å²) in [4.78, 5) is 31.0. The lowest BCUT2D eigenvalue weighted by Gasteiger charge is -2.36. The maximum atomic E-state index is 13.3. The number of ether oxygens (including phenoxy) is 1. The van der Waals surface area contributed by atoms with Gasteiger partial charge in [-0.25, -0.2) is 0 Å². The van der Waals surface area contributed by atoms with E-state index in [9.17, 15) is 9.59 Å². The molecule has 0 radical (unpaired) electrons. The molecule has 0 aliphatic carbocycles. The first-order valence-electron chi connectivity index (χ1n) is 12.3. The van der Waals surface area contributed by atoms with Crippen LogP contribution in [0.2, 0.25) is 0 Å². The van der Waals surface area contributed by atoms with E-state index in [1.807, 2.05) is 48.5 Å². The van der Waals surface area contributed by atoms with Gasteiger partial charge in [0.05, 0.1) is 23.7 Å². The first-order valence-corrected chi connectivity index (χ1v) is 12.3. The van der Waals surface area contributed by atoms with Gasteiger partial charge in [0, 0.05) is 50.3 Å². The Hall–Kier alpha value is -3.90. The number of carbonyl (C=O) groups excluding carboxylic acids is 1. The van der Waals surface area contributed by atoms with Gasteiger partial charge in [-0.05, 0) is 31.2 Å². The number of para-hydroxylation sites is 3. The van der Waals surface area contributed by atoms with Crippen LogP contribution in [-0.4, -0.2) is 50.5 Å². The highest BCUT2D eigenvalue weighted by atomic mass is 16.5. The Kier molecular flexibility index (Phi) is 6.87. The summed E-state index contributed by atoms with van der Waals surface area (Å²) in [5, 5.41) is 0.448. The Morgan fingerprint density at radius 3 is 2.39 bits per heavy atom. The fourth-order valence-electron chi connectivity index (χ4n) is 4.89. The zero-order chi connectivity index (χ0) is 25.1. The third kappa shape index (κ3) is 4.64. The second kappa shape index (κ2) is 10.4. The van der Waals surface area contributed by atoms with Crippen molar-refractivity contribution >= 4 is 22.4 Å². The average molecular weight is 483 g/mol. The quantitative estimate of drug-likeness (QED) is 0.339. The topological polar surface area (TPSA) is 63.0 Å². The SMILES string of the molecule is COc1ccccc1N1CCN(CCC(=O)c2cccc3c(=O)c(C)c(-c4ccccc4)oc23)CC1. The molecule has 0 spiro atoms. The lowest BCUT2D eigenvalue weighted by Crippen LogP contribution is -2.47. The van der Waals surface area contributed by atoms with Gasteiger partial charge in [-0.2, -0.15) is 0 Å². The van der Waals surface area contributed by atoms with Crippen molar-refractivity contribution in [3.63, 3.8) is 0 Å². The van der Waals surface area contributed by atoms with Gasteiger partial charge >= 0.3 is 0 Å². The minimum absolute atomic E-state index is 0.0150. The molecule has 5 rings (SSSR count). The summed E-state index contributed by atoms with van der Waals surface area (Å²) < 4.78 is 11.7. The Balaban J connectivity index is 1.31. The van der Waals surface area contributed by atoms with Crippen LogP contribution >= 0.6 is 0 Å². The van der Waals surface area contributed by atoms with E-state index in [4.69, 9.17) is 9.15 Å². The molecule has 0 N–H and O–H groups in total. The number of piperazine rings is 1. The molecular formula is C30H30N2O4. The fraction of sp³-hybridized carbons (Fsp3) is 0.267. The van der Waals surface area contributed by atoms with Crippen LogP contribution in [0.3, 0.4) is 0 Å². The lowest BCUT2D eigenvalue weighted by atomic mass is 10.0. The van der Waals surface area contributed by atoms with E-state index in [-0.39, 0.29) is 11.2 Å². The molecule has 1 fully saturated rings. The summed E-state index contributed by atoms with van der Waals surface area (Å²) in [6.07, 6.45) is 0.367. The van der Waals surface area contributed by atoms with E-state index in [1.165, 1.54) is 0 Å². The molecule has 1 saturated heterocycles. The number of ketones is 1. The first kappa shape index (κ1) is 23.8. The maximum Gasteiger partial charge on any atom is 0.196 e. The number of hydrogen-bond donors (Lipinski definition) is 0. The van der Waals surface area contributed by atoms with Crippen molar-refractivity contribution in [2.75, 3.05) is 44.7 Å². The van der Waals surface area contributed by atoms with Crippen LogP contribution in [0.5, 0.6) is 5.75 Å². The van der Waals surface area contributed by atoms with E-state index >= 15 is 0 Å². The molecule has 36 heavy (non-hydrogen) atoms. The lowest BCUT2D eigenvalue weighted by molar-refractivity contribution is 0.0963. The third-order valence-electron chi connectivity index (χ3n) is 6.93. The molecule has 0 amide bonds. The Morgan fingerprint density at radius 2 is 1.64 bits per heavy atom. The van der Waals surface area contributed by atoms with Crippen molar-refractivity contribution in [1.29, 1.82) is 0 Å². The molecule has 0 unspecified atom stereocenters. The van der Waals surface area contributed by atoms with Crippen molar-refractivity contribution in [1.82, 2.24) is 4.90 Å². The summed E-state index contributed by atoms with van der Waals surface area (Å²) in [5.41, 5.74) is 3.21. The summed E-state index contributed by atoms with van der Waals surface area (Å²) in [6.45, 7) is 5.92. The summed E-state index contributed by atoms with van der Waals surface area (Å²) in [7, 11) is 1.69. The highest BCUT2D eigenvalue weighted by Gasteiger charge is 2.22. The van der Waals surface area contributed by atoms with E-state index < -0.39 is 0 Å². The van der Waals surface area contributed by atoms with E-state index in [2.05, 4.69) is 15.9 Å². The maximum absolute atomic E-state index is 13.3. The zero-order valence-electron chi connectivity index (χ0n) is 20.7. The molecule has 6 nitrogen and oxygen atoms in total. The number of benzene rings is 3. The van der Waals surface area contributed by atoms with Gasteiger partial charge < -0.3 is 14.1 Å². The van der Waals surface area contributed by atoms with Crippen LogP contribution in [0.4, 0.5) is 5.69 Å². The molecule has 1 aliphatic rings. The molecule has 0 saturated carbocycles. The van der Waals surface area contributed by atoms with E-state index in [0.717, 1.165) is 43.2 Å². The monoisotopic (exact) mass is 482 g/mol. The van der Waals surface area contributed by atoms with Crippen LogP contribution in [0.15, 0.2) is 82.0 Å². The fourth-order valence-corrected chi connectivity index (χ4v) is 4.89. The second-order valence-electron chi connectivity index (χ2n) is 9.11. The minimum atomic E-state index is -0.0998. The first-order chi connectivity index (χ1) is 17.6. The van der Waals surface area contributed by atoms with Crippen LogP contribution in [0.25, 0.3) is 22.3 Å². The van der Waals surface area contributed by atoms with Gasteiger partial charge in [0.1, 0.15) is 17.1 Å². The largest absolute Gasteiger partial charge is 0.495 e. The summed E-state index contributed by atoms with van der Waals surface area (Å²) in [5.74, 6) is 1.38. The Morgan fingerprint density at radius 1 is 0.917 bits per heavy atom. The van der Waals surface area contributed by atoms with Crippen LogP contribution in [0, 0.1) is 6.92 Å². The number of nitrogens with zero attached hydrogens (tertiary/aromatic N) is 2. The van der Waals surface area contributed by atoms with Gasteiger partial charge in [0.15, 0.2) is 11.2 Å². The Bertz CT molecular complexity index is 1440. The number of fused-ring (bicyclic) bond motifs is 1. The highest BCUT2D eigenvalue weighted by molar-refractivity contribution is 6.06. The number of Topliss-reactive ketones (excluding diaryl/α,β-unsaturated/α-hetero) is 1. The van der Waals surface area contributed by atoms with Crippen molar-refractivity contribution in [3.05, 3.63) is 94.1 Å². The highest BCUT2D eigenvalue weighted by Crippen LogP contribution is 2.29. The van der Waals surface area contributed by atoms with Crippen LogP contribution < -0.4 is 15.1 Å². The smallest absolute Gasteiger partial charge is 0.196 e. The normalized spacial score (nSPS) is 14.2. The van der Waals surface area contributed by atoms with Crippen LogP contribution in [0.1, 0.15) is 22.3 Å². The molecule has 0 bridgehead atoms. The number of carbonyl (C=O) groups is 1.